The van der Waals surface area contributed by atoms with E-state index in [9.17, 15) is 0 Å². The quantitative estimate of drug-likeness (QED) is 0.128. The van der Waals surface area contributed by atoms with Crippen molar-refractivity contribution in [3.05, 3.63) is 303 Å². The summed E-state index contributed by atoms with van der Waals surface area (Å²) >= 11 is 28.7. The molecule has 69 heavy (non-hydrogen) atoms. The van der Waals surface area contributed by atoms with Crippen molar-refractivity contribution in [3.8, 4) is 0 Å². The van der Waals surface area contributed by atoms with Gasteiger partial charge in [-0.15, -0.1) is 0 Å². The Kier molecular flexibility index (Phi) is 17.3. The van der Waals surface area contributed by atoms with Crippen LogP contribution < -0.4 is 14.7 Å². The van der Waals surface area contributed by atoms with E-state index in [1.54, 1.807) is 12.1 Å². The molecule has 0 N–H and O–H groups in total. The number of hydrogen-bond acceptors (Lipinski definition) is 3. The van der Waals surface area contributed by atoms with Crippen LogP contribution in [0.3, 0.4) is 0 Å². The molecule has 340 valence electrons. The Morgan fingerprint density at radius 2 is 0.623 bits per heavy atom. The van der Waals surface area contributed by atoms with Crippen LogP contribution in [0.5, 0.6) is 0 Å². The predicted molar refractivity (Wildman–Crippen MR) is 300 cm³/mol. The lowest BCUT2D eigenvalue weighted by Crippen LogP contribution is -2.13. The SMILES string of the molecule is Brc1cccc(N(c2ccccc2)c2ccccc2)c1.Clc1cccc(Cc2ccccc2)c1Cl.Clc1cccc(N(c2ccccc2)c2cccc(N(c3ccccc3)c3ccccc3)c2)c1Cl. The number of hydrogen-bond donors (Lipinski definition) is 0. The maximum absolute atomic E-state index is 6.70. The van der Waals surface area contributed by atoms with Crippen LogP contribution >= 0.6 is 62.3 Å². The average molecular weight is 1040 g/mol. The summed E-state index contributed by atoms with van der Waals surface area (Å²) in [7, 11) is 0. The lowest BCUT2D eigenvalue weighted by molar-refractivity contribution is 1.19. The molecule has 3 nitrogen and oxygen atoms in total. The fourth-order valence-electron chi connectivity index (χ4n) is 7.76. The third-order valence-electron chi connectivity index (χ3n) is 10.9. The van der Waals surface area contributed by atoms with E-state index in [-0.39, 0.29) is 0 Å². The fourth-order valence-corrected chi connectivity index (χ4v) is 8.91. The molecular weight excluding hydrogens is 996 g/mol. The first-order valence-electron chi connectivity index (χ1n) is 22.3. The zero-order valence-corrected chi connectivity index (χ0v) is 42.0. The highest BCUT2D eigenvalue weighted by molar-refractivity contribution is 9.10. The maximum atomic E-state index is 6.70. The van der Waals surface area contributed by atoms with Gasteiger partial charge in [0.05, 0.1) is 25.8 Å². The highest BCUT2D eigenvalue weighted by Crippen LogP contribution is 2.44. The van der Waals surface area contributed by atoms with E-state index in [1.807, 2.05) is 91.0 Å². The van der Waals surface area contributed by atoms with E-state index in [4.69, 9.17) is 46.4 Å². The number of rotatable bonds is 11. The van der Waals surface area contributed by atoms with Gasteiger partial charge in [0.1, 0.15) is 0 Å². The lowest BCUT2D eigenvalue weighted by Gasteiger charge is -2.29. The van der Waals surface area contributed by atoms with E-state index in [0.717, 1.165) is 67.6 Å². The Bertz CT molecular complexity index is 3070. The standard InChI is InChI=1S/C30H22Cl2N2.C18H14BrN.C13H10Cl2/c31-28-20-11-21-29(30(28)32)34(25-16-8-3-9-17-25)27-19-10-18-26(22-27)33(23-12-4-1-5-13-23)24-14-6-2-7-15-24;19-15-8-7-13-18(14-15)20(16-9-3-1-4-10-16)17-11-5-2-6-12-17;14-12-8-4-7-11(13(12)15)9-10-5-2-1-3-6-10/h1-22H;1-14H;1-8H,9H2. The first kappa shape index (κ1) is 48.7. The van der Waals surface area contributed by atoms with Crippen LogP contribution in [0.2, 0.25) is 20.1 Å². The predicted octanol–water partition coefficient (Wildman–Crippen LogP) is 20.4. The van der Waals surface area contributed by atoms with Gasteiger partial charge in [-0.05, 0) is 133 Å². The summed E-state index contributed by atoms with van der Waals surface area (Å²) in [5, 5.41) is 2.31. The second-order valence-corrected chi connectivity index (χ2v) is 18.1. The van der Waals surface area contributed by atoms with Gasteiger partial charge in [-0.3, -0.25) is 0 Å². The first-order valence-corrected chi connectivity index (χ1v) is 24.6. The van der Waals surface area contributed by atoms with Crippen molar-refractivity contribution in [2.75, 3.05) is 14.7 Å². The van der Waals surface area contributed by atoms with Gasteiger partial charge in [-0.2, -0.15) is 0 Å². The number of anilines is 9. The van der Waals surface area contributed by atoms with E-state index >= 15 is 0 Å². The second-order valence-electron chi connectivity index (χ2n) is 15.6. The monoisotopic (exact) mass is 1040 g/mol. The van der Waals surface area contributed by atoms with E-state index in [1.165, 1.54) is 5.56 Å². The number of halogens is 5. The molecule has 0 bridgehead atoms. The summed E-state index contributed by atoms with van der Waals surface area (Å²) in [6, 6.07) is 90.1. The molecule has 0 aliphatic heterocycles. The summed E-state index contributed by atoms with van der Waals surface area (Å²) in [5.41, 5.74) is 11.7. The molecule has 0 aliphatic carbocycles. The second kappa shape index (κ2) is 24.5. The van der Waals surface area contributed by atoms with Gasteiger partial charge in [0.2, 0.25) is 0 Å². The molecule has 10 aromatic rings. The average Bonchev–Trinajstić information content (AvgIpc) is 3.39. The van der Waals surface area contributed by atoms with E-state index < -0.39 is 0 Å². The van der Waals surface area contributed by atoms with Gasteiger partial charge in [0.25, 0.3) is 0 Å². The normalized spacial score (nSPS) is 10.4. The highest BCUT2D eigenvalue weighted by Gasteiger charge is 2.20. The van der Waals surface area contributed by atoms with Crippen LogP contribution in [0.4, 0.5) is 51.2 Å². The largest absolute Gasteiger partial charge is 0.310 e. The summed E-state index contributed by atoms with van der Waals surface area (Å²) < 4.78 is 1.08. The molecule has 0 atom stereocenters. The molecule has 0 aliphatic rings. The van der Waals surface area contributed by atoms with E-state index in [0.29, 0.717) is 20.1 Å². The van der Waals surface area contributed by atoms with Crippen molar-refractivity contribution < 1.29 is 0 Å². The molecular formula is C61H46BrCl4N3. The topological polar surface area (TPSA) is 9.72 Å². The Balaban J connectivity index is 0.000000155. The van der Waals surface area contributed by atoms with Gasteiger partial charge >= 0.3 is 0 Å². The minimum absolute atomic E-state index is 0.515. The van der Waals surface area contributed by atoms with Gasteiger partial charge in [0.15, 0.2) is 0 Å². The molecule has 0 fully saturated rings. The summed E-state index contributed by atoms with van der Waals surface area (Å²) in [6.45, 7) is 0. The van der Waals surface area contributed by atoms with E-state index in [2.05, 4.69) is 194 Å². The number of benzene rings is 10. The van der Waals surface area contributed by atoms with Crippen molar-refractivity contribution in [1.29, 1.82) is 0 Å². The zero-order valence-electron chi connectivity index (χ0n) is 37.3. The molecule has 0 amide bonds. The minimum atomic E-state index is 0.515. The Morgan fingerprint density at radius 1 is 0.290 bits per heavy atom. The van der Waals surface area contributed by atoms with Crippen LogP contribution in [-0.4, -0.2) is 0 Å². The Hall–Kier alpha value is -6.76. The highest BCUT2D eigenvalue weighted by atomic mass is 79.9. The summed E-state index contributed by atoms with van der Waals surface area (Å²) in [5.74, 6) is 0. The van der Waals surface area contributed by atoms with Gasteiger partial charge in [-0.25, -0.2) is 0 Å². The van der Waals surface area contributed by atoms with Crippen molar-refractivity contribution >= 4 is 114 Å². The minimum Gasteiger partial charge on any atom is -0.310 e. The van der Waals surface area contributed by atoms with Crippen molar-refractivity contribution in [1.82, 2.24) is 0 Å². The van der Waals surface area contributed by atoms with Crippen molar-refractivity contribution in [2.24, 2.45) is 0 Å². The van der Waals surface area contributed by atoms with Crippen LogP contribution in [0.15, 0.2) is 271 Å². The van der Waals surface area contributed by atoms with Gasteiger partial charge < -0.3 is 14.7 Å². The smallest absolute Gasteiger partial charge is 0.0832 e. The van der Waals surface area contributed by atoms with Gasteiger partial charge in [0, 0.05) is 50.0 Å². The third kappa shape index (κ3) is 12.9. The summed E-state index contributed by atoms with van der Waals surface area (Å²) in [6.07, 6.45) is 0.820. The lowest BCUT2D eigenvalue weighted by atomic mass is 10.1. The Labute approximate surface area is 434 Å². The molecule has 0 saturated heterocycles. The first-order chi connectivity index (χ1) is 33.8. The third-order valence-corrected chi connectivity index (χ3v) is 13.1. The molecule has 0 radical (unpaired) electrons. The van der Waals surface area contributed by atoms with Crippen molar-refractivity contribution in [3.63, 3.8) is 0 Å². The van der Waals surface area contributed by atoms with Gasteiger partial charge in [-0.1, -0.05) is 214 Å². The van der Waals surface area contributed by atoms with Crippen LogP contribution in [0, 0.1) is 0 Å². The van der Waals surface area contributed by atoms with Crippen LogP contribution in [0.1, 0.15) is 11.1 Å². The Morgan fingerprint density at radius 3 is 1.07 bits per heavy atom. The molecule has 0 unspecified atom stereocenters. The molecule has 0 aromatic heterocycles. The fraction of sp³-hybridized carbons (Fsp3) is 0.0164. The summed E-state index contributed by atoms with van der Waals surface area (Å²) in [4.78, 5) is 6.61. The zero-order chi connectivity index (χ0) is 47.8. The molecule has 8 heteroatoms. The number of nitrogens with zero attached hydrogens (tertiary/aromatic N) is 3. The molecule has 10 rings (SSSR count). The number of para-hydroxylation sites is 5. The molecule has 0 saturated carbocycles. The maximum Gasteiger partial charge on any atom is 0.0832 e. The molecule has 10 aromatic carbocycles. The van der Waals surface area contributed by atoms with Crippen LogP contribution in [0.25, 0.3) is 0 Å². The van der Waals surface area contributed by atoms with Crippen molar-refractivity contribution in [2.45, 2.75) is 6.42 Å². The molecule has 0 spiro atoms. The molecule has 0 heterocycles. The van der Waals surface area contributed by atoms with Crippen LogP contribution in [-0.2, 0) is 6.42 Å².